The zero-order valence-corrected chi connectivity index (χ0v) is 18.6. The van der Waals surface area contributed by atoms with Gasteiger partial charge in [-0.15, -0.1) is 13.2 Å². The monoisotopic (exact) mass is 497 g/mol. The Morgan fingerprint density at radius 2 is 1.86 bits per heavy atom. The van der Waals surface area contributed by atoms with Crippen LogP contribution in [0.4, 0.5) is 13.2 Å². The second-order valence-corrected chi connectivity index (χ2v) is 8.26. The summed E-state index contributed by atoms with van der Waals surface area (Å²) in [6.45, 7) is 1.04. The summed E-state index contributed by atoms with van der Waals surface area (Å²) in [5.74, 6) is -0.256. The number of aromatic amines is 1. The summed E-state index contributed by atoms with van der Waals surface area (Å²) >= 11 is 0. The smallest absolute Gasteiger partial charge is 0.406 e. The Morgan fingerprint density at radius 1 is 1.08 bits per heavy atom. The van der Waals surface area contributed by atoms with Crippen molar-refractivity contribution < 1.29 is 22.6 Å². The third kappa shape index (κ3) is 3.96. The fraction of sp³-hybridized carbons (Fsp3) is 0.261. The molecule has 184 valence electrons. The van der Waals surface area contributed by atoms with Gasteiger partial charge in [0.05, 0.1) is 11.0 Å². The van der Waals surface area contributed by atoms with E-state index in [0.717, 1.165) is 0 Å². The number of nitrogens with zero attached hydrogens (tertiary/aromatic N) is 6. The van der Waals surface area contributed by atoms with Gasteiger partial charge in [0.15, 0.2) is 5.65 Å². The average Bonchev–Trinajstić information content (AvgIpc) is 3.43. The number of halogens is 3. The molecule has 5 heterocycles. The Labute approximate surface area is 200 Å². The number of hydrogen-bond donors (Lipinski definition) is 1. The molecule has 1 aromatic carbocycles. The van der Waals surface area contributed by atoms with Crippen LogP contribution in [0.2, 0.25) is 0 Å². The van der Waals surface area contributed by atoms with E-state index in [1.807, 2.05) is 0 Å². The largest absolute Gasteiger partial charge is 0.573 e. The van der Waals surface area contributed by atoms with E-state index in [-0.39, 0.29) is 17.7 Å². The quantitative estimate of drug-likeness (QED) is 0.402. The average molecular weight is 497 g/mol. The fourth-order valence-electron chi connectivity index (χ4n) is 4.44. The van der Waals surface area contributed by atoms with E-state index in [1.54, 1.807) is 29.1 Å². The topological polar surface area (TPSA) is 113 Å². The third-order valence-electron chi connectivity index (χ3n) is 6.03. The number of H-pyrrole nitrogens is 1. The highest BCUT2D eigenvalue weighted by Gasteiger charge is 2.31. The first kappa shape index (κ1) is 22.2. The Hall–Kier alpha value is -4.26. The van der Waals surface area contributed by atoms with Gasteiger partial charge in [0, 0.05) is 43.3 Å². The van der Waals surface area contributed by atoms with Crippen LogP contribution in [0.3, 0.4) is 0 Å². The number of benzene rings is 1. The van der Waals surface area contributed by atoms with Crippen molar-refractivity contribution in [3.05, 3.63) is 59.5 Å². The number of fused-ring (bicyclic) bond motifs is 2. The minimum atomic E-state index is -4.84. The van der Waals surface area contributed by atoms with Crippen LogP contribution in [0.15, 0.2) is 53.8 Å². The van der Waals surface area contributed by atoms with Crippen molar-refractivity contribution in [2.24, 2.45) is 0 Å². The molecular formula is C23H18F3N7O3. The number of aromatic nitrogens is 7. The summed E-state index contributed by atoms with van der Waals surface area (Å²) in [7, 11) is 0. The van der Waals surface area contributed by atoms with Gasteiger partial charge in [-0.1, -0.05) is 0 Å². The molecule has 0 spiro atoms. The van der Waals surface area contributed by atoms with Gasteiger partial charge in [-0.25, -0.2) is 14.8 Å². The Balaban J connectivity index is 1.59. The molecule has 36 heavy (non-hydrogen) atoms. The number of rotatable bonds is 4. The molecule has 1 aliphatic heterocycles. The van der Waals surface area contributed by atoms with Gasteiger partial charge in [0.1, 0.15) is 23.3 Å². The highest BCUT2D eigenvalue weighted by Crippen LogP contribution is 2.31. The van der Waals surface area contributed by atoms with Crippen molar-refractivity contribution in [2.75, 3.05) is 13.2 Å². The zero-order valence-electron chi connectivity index (χ0n) is 18.6. The Bertz CT molecular complexity index is 1620. The minimum Gasteiger partial charge on any atom is -0.406 e. The van der Waals surface area contributed by atoms with E-state index in [9.17, 15) is 18.0 Å². The van der Waals surface area contributed by atoms with E-state index in [1.165, 1.54) is 29.1 Å². The zero-order chi connectivity index (χ0) is 24.9. The van der Waals surface area contributed by atoms with Crippen molar-refractivity contribution in [1.29, 1.82) is 0 Å². The highest BCUT2D eigenvalue weighted by atomic mass is 19.4. The molecule has 0 amide bonds. The lowest BCUT2D eigenvalue weighted by Gasteiger charge is -2.23. The maximum Gasteiger partial charge on any atom is 0.573 e. The van der Waals surface area contributed by atoms with Crippen LogP contribution >= 0.6 is 0 Å². The molecule has 0 unspecified atom stereocenters. The highest BCUT2D eigenvalue weighted by molar-refractivity contribution is 5.88. The SMILES string of the molecule is O=c1[nH]c2c(-c3ccncc3)nc(-n3cnc4ccc(OC(F)(F)F)cc43)nc2n1C1CCOCC1. The second-order valence-electron chi connectivity index (χ2n) is 8.26. The first-order valence-corrected chi connectivity index (χ1v) is 11.1. The van der Waals surface area contributed by atoms with Crippen molar-refractivity contribution in [1.82, 2.24) is 34.1 Å². The maximum absolute atomic E-state index is 13.1. The first-order chi connectivity index (χ1) is 17.4. The van der Waals surface area contributed by atoms with Crippen molar-refractivity contribution in [2.45, 2.75) is 25.2 Å². The number of nitrogens with one attached hydrogen (secondary N) is 1. The number of ether oxygens (including phenoxy) is 2. The number of pyridine rings is 1. The molecule has 0 bridgehead atoms. The predicted octanol–water partition coefficient (Wildman–Crippen LogP) is 3.77. The minimum absolute atomic E-state index is 0.126. The Morgan fingerprint density at radius 3 is 2.61 bits per heavy atom. The molecule has 1 N–H and O–H groups in total. The van der Waals surface area contributed by atoms with Gasteiger partial charge in [-0.3, -0.25) is 14.1 Å². The predicted molar refractivity (Wildman–Crippen MR) is 122 cm³/mol. The molecular weight excluding hydrogens is 479 g/mol. The lowest BCUT2D eigenvalue weighted by Crippen LogP contribution is -2.27. The normalized spacial score (nSPS) is 15.1. The molecule has 0 radical (unpaired) electrons. The molecule has 0 aliphatic carbocycles. The maximum atomic E-state index is 13.1. The summed E-state index contributed by atoms with van der Waals surface area (Å²) in [4.78, 5) is 33.6. The molecule has 1 fully saturated rings. The second kappa shape index (κ2) is 8.45. The van der Waals surface area contributed by atoms with Gasteiger partial charge in [0.2, 0.25) is 5.95 Å². The molecule has 0 saturated carbocycles. The fourth-order valence-corrected chi connectivity index (χ4v) is 4.44. The van der Waals surface area contributed by atoms with Crippen LogP contribution in [0.5, 0.6) is 5.75 Å². The van der Waals surface area contributed by atoms with Gasteiger partial charge < -0.3 is 14.5 Å². The summed E-state index contributed by atoms with van der Waals surface area (Å²) in [5, 5.41) is 0. The van der Waals surface area contributed by atoms with Gasteiger partial charge in [-0.05, 0) is 37.1 Å². The summed E-state index contributed by atoms with van der Waals surface area (Å²) in [5.41, 5.74) is 2.38. The molecule has 6 rings (SSSR count). The van der Waals surface area contributed by atoms with Crippen molar-refractivity contribution in [3.8, 4) is 23.0 Å². The lowest BCUT2D eigenvalue weighted by molar-refractivity contribution is -0.274. The number of hydrogen-bond acceptors (Lipinski definition) is 7. The molecule has 13 heteroatoms. The van der Waals surface area contributed by atoms with Crippen LogP contribution in [0, 0.1) is 0 Å². The Kier molecular flexibility index (Phi) is 5.21. The van der Waals surface area contributed by atoms with Crippen LogP contribution < -0.4 is 10.4 Å². The molecule has 0 atom stereocenters. The van der Waals surface area contributed by atoms with E-state index in [4.69, 9.17) is 4.74 Å². The molecule has 4 aromatic heterocycles. The van der Waals surface area contributed by atoms with Gasteiger partial charge in [0.25, 0.3) is 0 Å². The van der Waals surface area contributed by atoms with Crippen LogP contribution in [0.25, 0.3) is 39.4 Å². The third-order valence-corrected chi connectivity index (χ3v) is 6.03. The molecule has 10 nitrogen and oxygen atoms in total. The van der Waals surface area contributed by atoms with Crippen molar-refractivity contribution >= 4 is 22.2 Å². The first-order valence-electron chi connectivity index (χ1n) is 11.1. The van der Waals surface area contributed by atoms with E-state index < -0.39 is 12.1 Å². The van der Waals surface area contributed by atoms with Crippen LogP contribution in [0.1, 0.15) is 18.9 Å². The summed E-state index contributed by atoms with van der Waals surface area (Å²) in [6, 6.07) is 7.20. The standard InChI is InChI=1S/C23H18F3N7O3/c24-23(25,26)36-15-1-2-16-17(11-15)32(12-28-16)21-29-18(13-3-7-27-8-4-13)19-20(31-21)33(22(34)30-19)14-5-9-35-10-6-14/h1-4,7-8,11-12,14H,5-6,9-10H2,(H,30,34). The van der Waals surface area contributed by atoms with E-state index in [2.05, 4.69) is 29.7 Å². The van der Waals surface area contributed by atoms with Crippen LogP contribution in [-0.2, 0) is 4.74 Å². The van der Waals surface area contributed by atoms with Crippen LogP contribution in [-0.4, -0.2) is 53.6 Å². The van der Waals surface area contributed by atoms with Gasteiger partial charge in [-0.2, -0.15) is 4.98 Å². The summed E-state index contributed by atoms with van der Waals surface area (Å²) < 4.78 is 51.0. The molecule has 1 saturated heterocycles. The number of imidazole rings is 2. The summed E-state index contributed by atoms with van der Waals surface area (Å²) in [6.07, 6.45) is 1.07. The molecule has 1 aliphatic rings. The number of alkyl halides is 3. The molecule has 5 aromatic rings. The van der Waals surface area contributed by atoms with E-state index >= 15 is 0 Å². The van der Waals surface area contributed by atoms with Crippen molar-refractivity contribution in [3.63, 3.8) is 0 Å². The van der Waals surface area contributed by atoms with E-state index in [0.29, 0.717) is 59.5 Å². The van der Waals surface area contributed by atoms with Gasteiger partial charge >= 0.3 is 12.1 Å². The lowest BCUT2D eigenvalue weighted by atomic mass is 10.1.